The average Bonchev–Trinajstić information content (AvgIpc) is 2.90. The smallest absolute Gasteiger partial charge is 0.327 e. The largest absolute Gasteiger partial charge is 0.457 e. The van der Waals surface area contributed by atoms with E-state index in [1.807, 2.05) is 0 Å². The van der Waals surface area contributed by atoms with Gasteiger partial charge in [0.15, 0.2) is 5.41 Å². The van der Waals surface area contributed by atoms with Crippen molar-refractivity contribution in [3.05, 3.63) is 0 Å². The van der Waals surface area contributed by atoms with Crippen molar-refractivity contribution in [1.29, 1.82) is 5.26 Å². The van der Waals surface area contributed by atoms with E-state index in [-0.39, 0.29) is 17.7 Å². The molecule has 2 saturated carbocycles. The normalized spacial score (nSPS) is 45.5. The summed E-state index contributed by atoms with van der Waals surface area (Å²) in [5, 5.41) is 9.17. The molecule has 5 unspecified atom stereocenters. The van der Waals surface area contributed by atoms with Gasteiger partial charge in [-0.05, 0) is 12.8 Å². The van der Waals surface area contributed by atoms with E-state index in [9.17, 15) is 14.9 Å². The summed E-state index contributed by atoms with van der Waals surface area (Å²) in [6.07, 6.45) is 0.278. The number of nitrogens with zero attached hydrogens (tertiary/aromatic N) is 1. The lowest BCUT2D eigenvalue weighted by Gasteiger charge is -2.27. The summed E-state index contributed by atoms with van der Waals surface area (Å²) in [5.41, 5.74) is -0.987. The summed E-state index contributed by atoms with van der Waals surface area (Å²) in [4.78, 5) is 22.9. The summed E-state index contributed by atoms with van der Waals surface area (Å²) in [5.74, 6) is -1.25. The maximum Gasteiger partial charge on any atom is 0.327 e. The van der Waals surface area contributed by atoms with Gasteiger partial charge in [-0.2, -0.15) is 5.26 Å². The van der Waals surface area contributed by atoms with Crippen molar-refractivity contribution in [3.8, 4) is 6.07 Å². The first-order chi connectivity index (χ1) is 8.12. The third-order valence-corrected chi connectivity index (χ3v) is 4.36. The highest BCUT2D eigenvalue weighted by molar-refractivity contribution is 6.26. The van der Waals surface area contributed by atoms with Crippen molar-refractivity contribution in [2.24, 2.45) is 17.3 Å². The Bertz CT molecular complexity index is 445. The van der Waals surface area contributed by atoms with Crippen LogP contribution in [0.3, 0.4) is 0 Å². The number of fused-ring (bicyclic) bond motifs is 1. The third-order valence-electron chi connectivity index (χ3n) is 4.14. The number of nitriles is 1. The number of ether oxygens (including phenoxy) is 2. The molecule has 0 N–H and O–H groups in total. The minimum Gasteiger partial charge on any atom is -0.457 e. The van der Waals surface area contributed by atoms with Crippen LogP contribution in [0.1, 0.15) is 12.8 Å². The van der Waals surface area contributed by atoms with E-state index in [4.69, 9.17) is 21.1 Å². The van der Waals surface area contributed by atoms with Gasteiger partial charge in [-0.1, -0.05) is 0 Å². The van der Waals surface area contributed by atoms with Crippen molar-refractivity contribution in [2.75, 3.05) is 5.88 Å². The molecule has 0 aromatic carbocycles. The molecular weight excluding hydrogens is 246 g/mol. The SMILES string of the molecule is N#CC12CC3CC1C(OC2=O)C3OC(=O)CCl. The quantitative estimate of drug-likeness (QED) is 0.534. The number of hydrogen-bond donors (Lipinski definition) is 0. The lowest BCUT2D eigenvalue weighted by atomic mass is 9.75. The monoisotopic (exact) mass is 255 g/mol. The number of carbonyl (C=O) groups excluding carboxylic acids is 2. The molecule has 0 aromatic rings. The van der Waals surface area contributed by atoms with Crippen LogP contribution in [0, 0.1) is 28.6 Å². The molecule has 1 heterocycles. The molecule has 0 radical (unpaired) electrons. The van der Waals surface area contributed by atoms with Gasteiger partial charge in [-0.25, -0.2) is 0 Å². The van der Waals surface area contributed by atoms with Crippen molar-refractivity contribution in [2.45, 2.75) is 25.0 Å². The number of hydrogen-bond acceptors (Lipinski definition) is 5. The van der Waals surface area contributed by atoms with Gasteiger partial charge < -0.3 is 9.47 Å². The number of rotatable bonds is 2. The lowest BCUT2D eigenvalue weighted by molar-refractivity contribution is -0.159. The summed E-state index contributed by atoms with van der Waals surface area (Å²) < 4.78 is 10.4. The van der Waals surface area contributed by atoms with Crippen LogP contribution in [0.15, 0.2) is 0 Å². The Morgan fingerprint density at radius 2 is 2.47 bits per heavy atom. The van der Waals surface area contributed by atoms with Gasteiger partial charge in [0.05, 0.1) is 6.07 Å². The fourth-order valence-electron chi connectivity index (χ4n) is 3.47. The van der Waals surface area contributed by atoms with Gasteiger partial charge >= 0.3 is 11.9 Å². The van der Waals surface area contributed by atoms with Crippen molar-refractivity contribution in [3.63, 3.8) is 0 Å². The molecule has 5 atom stereocenters. The fourth-order valence-corrected chi connectivity index (χ4v) is 3.53. The standard InChI is InChI=1S/C11H10ClNO4/c12-3-7(14)16-8-5-1-6-9(8)17-10(15)11(6,2-5)4-13/h5-6,8-9H,1-3H2. The van der Waals surface area contributed by atoms with E-state index < -0.39 is 29.6 Å². The predicted molar refractivity (Wildman–Crippen MR) is 54.7 cm³/mol. The maximum absolute atomic E-state index is 11.7. The van der Waals surface area contributed by atoms with Crippen LogP contribution in [0.5, 0.6) is 0 Å². The molecule has 0 aromatic heterocycles. The van der Waals surface area contributed by atoms with Crippen molar-refractivity contribution >= 4 is 23.5 Å². The number of halogens is 1. The molecule has 17 heavy (non-hydrogen) atoms. The first kappa shape index (κ1) is 10.8. The Kier molecular flexibility index (Phi) is 2.14. The van der Waals surface area contributed by atoms with Crippen LogP contribution in [-0.4, -0.2) is 30.0 Å². The highest BCUT2D eigenvalue weighted by Gasteiger charge is 2.72. The molecule has 3 rings (SSSR count). The van der Waals surface area contributed by atoms with Crippen LogP contribution < -0.4 is 0 Å². The summed E-state index contributed by atoms with van der Waals surface area (Å²) >= 11 is 5.38. The Hall–Kier alpha value is -1.28. The van der Waals surface area contributed by atoms with Crippen LogP contribution >= 0.6 is 11.6 Å². The van der Waals surface area contributed by atoms with E-state index in [0.29, 0.717) is 12.8 Å². The van der Waals surface area contributed by atoms with Crippen LogP contribution in [0.4, 0.5) is 0 Å². The molecule has 2 bridgehead atoms. The average molecular weight is 256 g/mol. The van der Waals surface area contributed by atoms with Crippen molar-refractivity contribution in [1.82, 2.24) is 0 Å². The highest BCUT2D eigenvalue weighted by Crippen LogP contribution is 2.62. The number of carbonyl (C=O) groups is 2. The predicted octanol–water partition coefficient (Wildman–Crippen LogP) is 0.612. The second-order valence-corrected chi connectivity index (χ2v) is 5.11. The van der Waals surface area contributed by atoms with Gasteiger partial charge in [-0.3, -0.25) is 9.59 Å². The zero-order chi connectivity index (χ0) is 12.2. The Morgan fingerprint density at radius 3 is 3.12 bits per heavy atom. The molecule has 2 aliphatic carbocycles. The minimum absolute atomic E-state index is 0.0447. The second kappa shape index (κ2) is 3.36. The lowest BCUT2D eigenvalue weighted by Crippen LogP contribution is -2.39. The molecule has 90 valence electrons. The molecule has 1 saturated heterocycles. The summed E-state index contributed by atoms with van der Waals surface area (Å²) in [6, 6.07) is 2.10. The van der Waals surface area contributed by atoms with E-state index in [2.05, 4.69) is 6.07 Å². The highest BCUT2D eigenvalue weighted by atomic mass is 35.5. The van der Waals surface area contributed by atoms with Crippen LogP contribution in [0.2, 0.25) is 0 Å². The Balaban J connectivity index is 1.87. The topological polar surface area (TPSA) is 76.4 Å². The van der Waals surface area contributed by atoms with Gasteiger partial charge in [0.2, 0.25) is 0 Å². The van der Waals surface area contributed by atoms with E-state index in [1.54, 1.807) is 0 Å². The Labute approximate surface area is 103 Å². The molecule has 0 amide bonds. The molecular formula is C11H10ClNO4. The van der Waals surface area contributed by atoms with E-state index >= 15 is 0 Å². The van der Waals surface area contributed by atoms with Gasteiger partial charge in [0.1, 0.15) is 18.1 Å². The molecule has 5 nitrogen and oxygen atoms in total. The molecule has 1 aliphatic heterocycles. The molecule has 6 heteroatoms. The number of alkyl halides is 1. The van der Waals surface area contributed by atoms with E-state index in [0.717, 1.165) is 0 Å². The van der Waals surface area contributed by atoms with Gasteiger partial charge in [0, 0.05) is 11.8 Å². The molecule has 3 aliphatic rings. The zero-order valence-electron chi connectivity index (χ0n) is 8.89. The van der Waals surface area contributed by atoms with Crippen molar-refractivity contribution < 1.29 is 19.1 Å². The maximum atomic E-state index is 11.7. The fraction of sp³-hybridized carbons (Fsp3) is 0.727. The molecule has 0 spiro atoms. The molecule has 3 fully saturated rings. The summed E-state index contributed by atoms with van der Waals surface area (Å²) in [7, 11) is 0. The minimum atomic E-state index is -0.987. The third kappa shape index (κ3) is 1.19. The second-order valence-electron chi connectivity index (χ2n) is 4.85. The zero-order valence-corrected chi connectivity index (χ0v) is 9.64. The van der Waals surface area contributed by atoms with Crippen LogP contribution in [-0.2, 0) is 19.1 Å². The van der Waals surface area contributed by atoms with Crippen LogP contribution in [0.25, 0.3) is 0 Å². The number of esters is 2. The first-order valence-corrected chi connectivity index (χ1v) is 6.03. The first-order valence-electron chi connectivity index (χ1n) is 5.50. The Morgan fingerprint density at radius 1 is 1.71 bits per heavy atom. The van der Waals surface area contributed by atoms with Gasteiger partial charge in [0.25, 0.3) is 0 Å². The van der Waals surface area contributed by atoms with E-state index in [1.165, 1.54) is 0 Å². The van der Waals surface area contributed by atoms with Gasteiger partial charge in [-0.15, -0.1) is 11.6 Å². The summed E-state index contributed by atoms with van der Waals surface area (Å²) in [6.45, 7) is 0.